The number of hydrogen-bond acceptors (Lipinski definition) is 9. The molecular formula is C22H21ClN6O4S. The van der Waals surface area contributed by atoms with Gasteiger partial charge in [-0.2, -0.15) is 4.98 Å². The second-order valence-electron chi connectivity index (χ2n) is 8.32. The van der Waals surface area contributed by atoms with Crippen molar-refractivity contribution in [3.63, 3.8) is 0 Å². The molecule has 2 aliphatic heterocycles. The zero-order chi connectivity index (χ0) is 23.9. The minimum Gasteiger partial charge on any atom is -0.481 e. The number of halogens is 1. The molecule has 0 spiro atoms. The highest BCUT2D eigenvalue weighted by molar-refractivity contribution is 7.91. The van der Waals surface area contributed by atoms with E-state index in [1.165, 1.54) is 0 Å². The van der Waals surface area contributed by atoms with Crippen LogP contribution in [-0.4, -0.2) is 58.3 Å². The van der Waals surface area contributed by atoms with Gasteiger partial charge < -0.3 is 15.3 Å². The number of aromatic nitrogens is 4. The fourth-order valence-electron chi connectivity index (χ4n) is 4.09. The van der Waals surface area contributed by atoms with E-state index in [-0.39, 0.29) is 28.8 Å². The highest BCUT2D eigenvalue weighted by Gasteiger charge is 2.35. The zero-order valence-electron chi connectivity index (χ0n) is 18.0. The molecule has 0 amide bonds. The summed E-state index contributed by atoms with van der Waals surface area (Å²) in [5.41, 5.74) is 1.76. The van der Waals surface area contributed by atoms with Crippen LogP contribution in [0.25, 0.3) is 0 Å². The molecule has 2 N–H and O–H groups in total. The number of aryl methyl sites for hydroxylation is 1. The minimum absolute atomic E-state index is 0.0502. The Bertz CT molecular complexity index is 1340. The lowest BCUT2D eigenvalue weighted by Gasteiger charge is -2.38. The van der Waals surface area contributed by atoms with Crippen LogP contribution in [0.5, 0.6) is 0 Å². The third kappa shape index (κ3) is 4.53. The van der Waals surface area contributed by atoms with Gasteiger partial charge >= 0.3 is 5.97 Å². The first kappa shape index (κ1) is 22.5. The lowest BCUT2D eigenvalue weighted by atomic mass is 10.00. The van der Waals surface area contributed by atoms with Crippen LogP contribution in [0.15, 0.2) is 41.6 Å². The van der Waals surface area contributed by atoms with Gasteiger partial charge in [0, 0.05) is 31.2 Å². The number of anilines is 3. The van der Waals surface area contributed by atoms with Gasteiger partial charge in [0.25, 0.3) is 0 Å². The molecule has 3 aromatic rings. The van der Waals surface area contributed by atoms with Gasteiger partial charge in [-0.05, 0) is 30.5 Å². The maximum absolute atomic E-state index is 12.9. The molecule has 5 rings (SSSR count). The van der Waals surface area contributed by atoms with Crippen molar-refractivity contribution in [2.24, 2.45) is 0 Å². The largest absolute Gasteiger partial charge is 0.481 e. The van der Waals surface area contributed by atoms with Crippen LogP contribution >= 0.6 is 11.6 Å². The number of aliphatic carboxylic acids is 1. The maximum atomic E-state index is 12.9. The molecule has 1 fully saturated rings. The van der Waals surface area contributed by atoms with Gasteiger partial charge in [0.15, 0.2) is 15.7 Å². The molecule has 34 heavy (non-hydrogen) atoms. The van der Waals surface area contributed by atoms with Crippen molar-refractivity contribution in [2.45, 2.75) is 30.1 Å². The van der Waals surface area contributed by atoms with E-state index in [2.05, 4.69) is 25.3 Å². The summed E-state index contributed by atoms with van der Waals surface area (Å²) in [6.07, 6.45) is 4.10. The van der Waals surface area contributed by atoms with Crippen LogP contribution in [0.4, 0.5) is 17.5 Å². The Labute approximate surface area is 201 Å². The van der Waals surface area contributed by atoms with Crippen molar-refractivity contribution in [3.8, 4) is 0 Å². The fourth-order valence-corrected chi connectivity index (χ4v) is 5.82. The number of nitrogens with one attached hydrogen (secondary N) is 1. The summed E-state index contributed by atoms with van der Waals surface area (Å²) in [6.45, 7) is 1.22. The average molecular weight is 501 g/mol. The van der Waals surface area contributed by atoms with Gasteiger partial charge in [0.2, 0.25) is 5.95 Å². The topological polar surface area (TPSA) is 138 Å². The van der Waals surface area contributed by atoms with Gasteiger partial charge in [0.1, 0.15) is 10.7 Å². The number of carboxylic acids is 1. The van der Waals surface area contributed by atoms with Gasteiger partial charge in [-0.3, -0.25) is 4.79 Å². The normalized spacial score (nSPS) is 17.0. The summed E-state index contributed by atoms with van der Waals surface area (Å²) < 4.78 is 25.7. The molecule has 0 atom stereocenters. The summed E-state index contributed by atoms with van der Waals surface area (Å²) in [5.74, 6) is 0.621. The number of carbonyl (C=O) groups is 1. The standard InChI is InChI=1S/C22H21ClN6O4S/c23-15-9-24-20(25-10-15)14-11-29(12-14)22-27-17-2-1-7-34(32,33)19(17)21(28-22)26-16-5-3-13(4-6-16)8-18(30)31/h3-6,9-10,14H,1-2,7-8,11-12H2,(H,30,31)(H,26,27,28). The second-order valence-corrected chi connectivity index (χ2v) is 10.8. The molecule has 1 aromatic carbocycles. The molecule has 0 saturated carbocycles. The number of carboxylic acid groups (broad SMARTS) is 1. The first-order chi connectivity index (χ1) is 16.3. The van der Waals surface area contributed by atoms with Crippen molar-refractivity contribution in [1.82, 2.24) is 19.9 Å². The summed E-state index contributed by atoms with van der Waals surface area (Å²) in [5, 5.41) is 12.6. The molecular weight excluding hydrogens is 480 g/mol. The first-order valence-corrected chi connectivity index (χ1v) is 12.8. The zero-order valence-corrected chi connectivity index (χ0v) is 19.6. The van der Waals surface area contributed by atoms with Crippen molar-refractivity contribution in [3.05, 3.63) is 58.8 Å². The second kappa shape index (κ2) is 8.80. The van der Waals surface area contributed by atoms with Crippen molar-refractivity contribution >= 4 is 44.9 Å². The Morgan fingerprint density at radius 1 is 1.15 bits per heavy atom. The molecule has 4 heterocycles. The average Bonchev–Trinajstić information content (AvgIpc) is 2.74. The number of nitrogens with zero attached hydrogens (tertiary/aromatic N) is 5. The van der Waals surface area contributed by atoms with Crippen LogP contribution in [0.3, 0.4) is 0 Å². The number of benzene rings is 1. The van der Waals surface area contributed by atoms with Gasteiger partial charge in [-0.1, -0.05) is 23.7 Å². The third-order valence-electron chi connectivity index (χ3n) is 5.80. The number of rotatable bonds is 6. The highest BCUT2D eigenvalue weighted by Crippen LogP contribution is 2.35. The van der Waals surface area contributed by atoms with E-state index in [4.69, 9.17) is 16.7 Å². The predicted molar refractivity (Wildman–Crippen MR) is 125 cm³/mol. The molecule has 1 saturated heterocycles. The minimum atomic E-state index is -3.52. The smallest absolute Gasteiger partial charge is 0.307 e. The monoisotopic (exact) mass is 500 g/mol. The summed E-state index contributed by atoms with van der Waals surface area (Å²) in [4.78, 5) is 30.7. The Morgan fingerprint density at radius 2 is 1.85 bits per heavy atom. The van der Waals surface area contributed by atoms with Crippen LogP contribution < -0.4 is 10.2 Å². The molecule has 0 radical (unpaired) electrons. The van der Waals surface area contributed by atoms with Crippen LogP contribution in [-0.2, 0) is 27.5 Å². The molecule has 0 aliphatic carbocycles. The molecule has 0 unspecified atom stereocenters. The van der Waals surface area contributed by atoms with Crippen LogP contribution in [0.2, 0.25) is 5.02 Å². The van der Waals surface area contributed by atoms with Gasteiger partial charge in [-0.15, -0.1) is 0 Å². The summed E-state index contributed by atoms with van der Waals surface area (Å²) >= 11 is 5.87. The van der Waals surface area contributed by atoms with Crippen molar-refractivity contribution < 1.29 is 18.3 Å². The van der Waals surface area contributed by atoms with E-state index in [1.54, 1.807) is 36.7 Å². The van der Waals surface area contributed by atoms with E-state index >= 15 is 0 Å². The fraction of sp³-hybridized carbons (Fsp3) is 0.318. The molecule has 12 heteroatoms. The Balaban J connectivity index is 1.43. The lowest BCUT2D eigenvalue weighted by molar-refractivity contribution is -0.136. The van der Waals surface area contributed by atoms with Gasteiger partial charge in [0.05, 0.1) is 28.8 Å². The summed E-state index contributed by atoms with van der Waals surface area (Å²) in [6, 6.07) is 6.79. The van der Waals surface area contributed by atoms with Crippen LogP contribution in [0, 0.1) is 0 Å². The number of hydrogen-bond donors (Lipinski definition) is 2. The number of fused-ring (bicyclic) bond motifs is 1. The molecule has 176 valence electrons. The van der Waals surface area contributed by atoms with E-state index in [0.29, 0.717) is 59.7 Å². The Hall–Kier alpha value is -3.31. The molecule has 0 bridgehead atoms. The molecule has 10 nitrogen and oxygen atoms in total. The maximum Gasteiger partial charge on any atom is 0.307 e. The number of sulfone groups is 1. The van der Waals surface area contributed by atoms with Crippen molar-refractivity contribution in [1.29, 1.82) is 0 Å². The first-order valence-electron chi connectivity index (χ1n) is 10.7. The van der Waals surface area contributed by atoms with Crippen LogP contribution in [0.1, 0.15) is 29.4 Å². The quantitative estimate of drug-likeness (QED) is 0.519. The van der Waals surface area contributed by atoms with E-state index < -0.39 is 15.8 Å². The van der Waals surface area contributed by atoms with Gasteiger partial charge in [-0.25, -0.2) is 23.4 Å². The highest BCUT2D eigenvalue weighted by atomic mass is 35.5. The Kier molecular flexibility index (Phi) is 5.82. The molecule has 2 aromatic heterocycles. The lowest BCUT2D eigenvalue weighted by Crippen LogP contribution is -2.47. The van der Waals surface area contributed by atoms with E-state index in [0.717, 1.165) is 0 Å². The molecule has 2 aliphatic rings. The summed E-state index contributed by atoms with van der Waals surface area (Å²) in [7, 11) is -3.52. The van der Waals surface area contributed by atoms with Crippen molar-refractivity contribution in [2.75, 3.05) is 29.1 Å². The third-order valence-corrected chi connectivity index (χ3v) is 7.88. The SMILES string of the molecule is O=C(O)Cc1ccc(Nc2nc(N3CC(c4ncc(Cl)cn4)C3)nc3c2S(=O)(=O)CCC3)cc1. The Morgan fingerprint density at radius 3 is 2.53 bits per heavy atom. The van der Waals surface area contributed by atoms with E-state index in [9.17, 15) is 13.2 Å². The predicted octanol–water partition coefficient (Wildman–Crippen LogP) is 2.61. The van der Waals surface area contributed by atoms with E-state index in [1.807, 2.05) is 4.90 Å².